The monoisotopic (exact) mass is 456 g/mol. The number of nitrogens with zero attached hydrogens (tertiary/aromatic N) is 3. The van der Waals surface area contributed by atoms with Gasteiger partial charge in [0.2, 0.25) is 11.8 Å². The normalized spacial score (nSPS) is 14.1. The number of hydrogen-bond acceptors (Lipinski definition) is 5. The first-order valence-electron chi connectivity index (χ1n) is 10.5. The summed E-state index contributed by atoms with van der Waals surface area (Å²) in [6.45, 7) is 5.00. The fourth-order valence-electron chi connectivity index (χ4n) is 3.69. The van der Waals surface area contributed by atoms with E-state index in [0.29, 0.717) is 31.1 Å². The molecular formula is C23H25ClN4O2S. The minimum Gasteiger partial charge on any atom is -0.368 e. The fraction of sp³-hybridized carbons (Fsp3) is 0.348. The third-order valence-electron chi connectivity index (χ3n) is 5.36. The second-order valence-electron chi connectivity index (χ2n) is 7.64. The molecule has 0 aliphatic carbocycles. The van der Waals surface area contributed by atoms with Gasteiger partial charge in [-0.15, -0.1) is 0 Å². The third-order valence-corrected chi connectivity index (χ3v) is 6.54. The highest BCUT2D eigenvalue weighted by atomic mass is 35.5. The predicted octanol–water partition coefficient (Wildman–Crippen LogP) is 4.58. The van der Waals surface area contributed by atoms with Gasteiger partial charge in [0.1, 0.15) is 0 Å². The van der Waals surface area contributed by atoms with Crippen molar-refractivity contribution < 1.29 is 9.59 Å². The molecule has 2 heterocycles. The van der Waals surface area contributed by atoms with E-state index in [1.165, 1.54) is 11.3 Å². The molecular weight excluding hydrogens is 432 g/mol. The molecule has 6 nitrogen and oxygen atoms in total. The number of carbonyl (C=O) groups excluding carboxylic acids is 2. The number of fused-ring (bicyclic) bond motifs is 1. The van der Waals surface area contributed by atoms with Gasteiger partial charge in [0.05, 0.1) is 16.6 Å². The van der Waals surface area contributed by atoms with Crippen LogP contribution in [0.15, 0.2) is 42.5 Å². The van der Waals surface area contributed by atoms with Gasteiger partial charge in [-0.05, 0) is 48.4 Å². The first-order valence-corrected chi connectivity index (χ1v) is 11.7. The highest BCUT2D eigenvalue weighted by Crippen LogP contribution is 2.27. The zero-order valence-electron chi connectivity index (χ0n) is 17.4. The molecule has 0 unspecified atom stereocenters. The van der Waals surface area contributed by atoms with E-state index in [-0.39, 0.29) is 11.8 Å². The Morgan fingerprint density at radius 1 is 1.10 bits per heavy atom. The quantitative estimate of drug-likeness (QED) is 0.589. The average Bonchev–Trinajstić information content (AvgIpc) is 3.16. The molecule has 1 aliphatic rings. The largest absolute Gasteiger partial charge is 0.368 e. The number of rotatable bonds is 6. The first kappa shape index (κ1) is 21.6. The zero-order chi connectivity index (χ0) is 21.8. The third kappa shape index (κ3) is 5.35. The van der Waals surface area contributed by atoms with Gasteiger partial charge in [-0.2, -0.15) is 0 Å². The van der Waals surface area contributed by atoms with Crippen molar-refractivity contribution in [2.75, 3.05) is 36.4 Å². The maximum absolute atomic E-state index is 12.8. The summed E-state index contributed by atoms with van der Waals surface area (Å²) in [6, 6.07) is 13.7. The number of hydrogen-bond donors (Lipinski definition) is 1. The second kappa shape index (κ2) is 9.66. The van der Waals surface area contributed by atoms with Crippen molar-refractivity contribution >= 4 is 55.8 Å². The summed E-state index contributed by atoms with van der Waals surface area (Å²) in [6.07, 6.45) is 1.66. The standard InChI is InChI=1S/C23H25ClN4O2S/c1-2-3-21(29)26-23-25-19-9-4-16(14-20(19)31-23)15-22(30)28-12-10-27(11-13-28)18-7-5-17(24)6-8-18/h4-9,14H,2-3,10-13,15H2,1H3,(H,25,26,29). The maximum atomic E-state index is 12.8. The minimum absolute atomic E-state index is 0.0188. The molecule has 0 spiro atoms. The molecule has 1 saturated heterocycles. The lowest BCUT2D eigenvalue weighted by Crippen LogP contribution is -2.49. The summed E-state index contributed by atoms with van der Waals surface area (Å²) in [5.41, 5.74) is 2.94. The fourth-order valence-corrected chi connectivity index (χ4v) is 4.77. The van der Waals surface area contributed by atoms with Crippen LogP contribution in [0.4, 0.5) is 10.8 Å². The molecule has 0 bridgehead atoms. The summed E-state index contributed by atoms with van der Waals surface area (Å²) >= 11 is 7.41. The van der Waals surface area contributed by atoms with Crippen molar-refractivity contribution in [1.29, 1.82) is 0 Å². The molecule has 1 aliphatic heterocycles. The number of anilines is 2. The molecule has 0 radical (unpaired) electrons. The molecule has 162 valence electrons. The van der Waals surface area contributed by atoms with Crippen LogP contribution in [-0.4, -0.2) is 47.9 Å². The van der Waals surface area contributed by atoms with Crippen molar-refractivity contribution in [3.63, 3.8) is 0 Å². The van der Waals surface area contributed by atoms with Crippen molar-refractivity contribution in [3.05, 3.63) is 53.1 Å². The van der Waals surface area contributed by atoms with E-state index in [9.17, 15) is 9.59 Å². The summed E-state index contributed by atoms with van der Waals surface area (Å²) in [7, 11) is 0. The van der Waals surface area contributed by atoms with Crippen LogP contribution in [0.25, 0.3) is 10.2 Å². The van der Waals surface area contributed by atoms with Gasteiger partial charge >= 0.3 is 0 Å². The van der Waals surface area contributed by atoms with E-state index in [2.05, 4.69) is 15.2 Å². The van der Waals surface area contributed by atoms with E-state index in [1.54, 1.807) is 0 Å². The Morgan fingerprint density at radius 3 is 2.55 bits per heavy atom. The molecule has 1 aromatic heterocycles. The lowest BCUT2D eigenvalue weighted by Gasteiger charge is -2.36. The number of carbonyl (C=O) groups is 2. The summed E-state index contributed by atoms with van der Waals surface area (Å²) in [5, 5.41) is 4.18. The Bertz CT molecular complexity index is 1070. The number of amides is 2. The van der Waals surface area contributed by atoms with Crippen LogP contribution in [0.1, 0.15) is 25.3 Å². The molecule has 3 aromatic rings. The van der Waals surface area contributed by atoms with E-state index >= 15 is 0 Å². The van der Waals surface area contributed by atoms with E-state index in [4.69, 9.17) is 11.6 Å². The summed E-state index contributed by atoms with van der Waals surface area (Å²) in [5.74, 6) is 0.116. The zero-order valence-corrected chi connectivity index (χ0v) is 19.0. The molecule has 2 amide bonds. The molecule has 0 atom stereocenters. The van der Waals surface area contributed by atoms with Gasteiger partial charge in [-0.25, -0.2) is 4.98 Å². The Morgan fingerprint density at radius 2 is 1.84 bits per heavy atom. The number of thiazole rings is 1. The van der Waals surface area contributed by atoms with Gasteiger partial charge < -0.3 is 15.1 Å². The van der Waals surface area contributed by atoms with Gasteiger partial charge in [0.15, 0.2) is 5.13 Å². The number of halogens is 1. The smallest absolute Gasteiger partial charge is 0.227 e. The van der Waals surface area contributed by atoms with Crippen LogP contribution in [0, 0.1) is 0 Å². The Hall–Kier alpha value is -2.64. The van der Waals surface area contributed by atoms with E-state index < -0.39 is 0 Å². The number of benzene rings is 2. The number of piperazine rings is 1. The van der Waals surface area contributed by atoms with Crippen LogP contribution in [0.3, 0.4) is 0 Å². The number of aromatic nitrogens is 1. The molecule has 1 fully saturated rings. The lowest BCUT2D eigenvalue weighted by atomic mass is 10.1. The van der Waals surface area contributed by atoms with Crippen LogP contribution in [0.5, 0.6) is 0 Å². The van der Waals surface area contributed by atoms with Crippen LogP contribution in [-0.2, 0) is 16.0 Å². The van der Waals surface area contributed by atoms with E-state index in [0.717, 1.165) is 46.0 Å². The summed E-state index contributed by atoms with van der Waals surface area (Å²) in [4.78, 5) is 33.3. The van der Waals surface area contributed by atoms with Gasteiger partial charge in [-0.3, -0.25) is 9.59 Å². The maximum Gasteiger partial charge on any atom is 0.227 e. The van der Waals surface area contributed by atoms with Crippen LogP contribution < -0.4 is 10.2 Å². The Balaban J connectivity index is 1.35. The Labute approximate surface area is 190 Å². The average molecular weight is 457 g/mol. The van der Waals surface area contributed by atoms with Crippen molar-refractivity contribution in [2.45, 2.75) is 26.2 Å². The van der Waals surface area contributed by atoms with Crippen LogP contribution >= 0.6 is 22.9 Å². The molecule has 4 rings (SSSR count). The second-order valence-corrected chi connectivity index (χ2v) is 9.11. The van der Waals surface area contributed by atoms with Gasteiger partial charge in [-0.1, -0.05) is 35.9 Å². The lowest BCUT2D eigenvalue weighted by molar-refractivity contribution is -0.130. The topological polar surface area (TPSA) is 65.5 Å². The highest BCUT2D eigenvalue weighted by molar-refractivity contribution is 7.22. The first-order chi connectivity index (χ1) is 15.0. The molecule has 8 heteroatoms. The number of nitrogens with one attached hydrogen (secondary N) is 1. The van der Waals surface area contributed by atoms with Crippen molar-refractivity contribution in [2.24, 2.45) is 0 Å². The molecule has 31 heavy (non-hydrogen) atoms. The van der Waals surface area contributed by atoms with Crippen LogP contribution in [0.2, 0.25) is 5.02 Å². The SMILES string of the molecule is CCCC(=O)Nc1nc2ccc(CC(=O)N3CCN(c4ccc(Cl)cc4)CC3)cc2s1. The van der Waals surface area contributed by atoms with Crippen molar-refractivity contribution in [3.8, 4) is 0 Å². The Kier molecular flexibility index (Phi) is 6.73. The highest BCUT2D eigenvalue weighted by Gasteiger charge is 2.21. The summed E-state index contributed by atoms with van der Waals surface area (Å²) < 4.78 is 0.977. The van der Waals surface area contributed by atoms with Crippen molar-refractivity contribution in [1.82, 2.24) is 9.88 Å². The molecule has 0 saturated carbocycles. The predicted molar refractivity (Wildman–Crippen MR) is 127 cm³/mol. The minimum atomic E-state index is -0.0188. The van der Waals surface area contributed by atoms with Gasteiger partial charge in [0.25, 0.3) is 0 Å². The van der Waals surface area contributed by atoms with Gasteiger partial charge in [0, 0.05) is 43.3 Å². The van der Waals surface area contributed by atoms with E-state index in [1.807, 2.05) is 54.3 Å². The molecule has 2 aromatic carbocycles. The molecule has 1 N–H and O–H groups in total.